The second kappa shape index (κ2) is 13.4. The van der Waals surface area contributed by atoms with Gasteiger partial charge in [-0.15, -0.1) is 0 Å². The van der Waals surface area contributed by atoms with Crippen LogP contribution in [0, 0.1) is 11.8 Å². The lowest BCUT2D eigenvalue weighted by molar-refractivity contribution is 0.552. The van der Waals surface area contributed by atoms with Crippen molar-refractivity contribution < 1.29 is 0 Å². The predicted molar refractivity (Wildman–Crippen MR) is 72.2 cm³/mol. The third kappa shape index (κ3) is 13.4. The van der Waals surface area contributed by atoms with Crippen molar-refractivity contribution in [2.24, 2.45) is 11.8 Å². The molecule has 0 radical (unpaired) electrons. The molecule has 1 rings (SSSR count). The molecule has 90 valence electrons. The van der Waals surface area contributed by atoms with Crippen molar-refractivity contribution in [3.63, 3.8) is 0 Å². The van der Waals surface area contributed by atoms with Gasteiger partial charge in [0.15, 0.2) is 0 Å². The second-order valence-electron chi connectivity index (χ2n) is 3.99. The summed E-state index contributed by atoms with van der Waals surface area (Å²) in [5.41, 5.74) is 0. The van der Waals surface area contributed by atoms with Gasteiger partial charge in [-0.3, -0.25) is 0 Å². The van der Waals surface area contributed by atoms with Crippen LogP contribution in [0.3, 0.4) is 0 Å². The van der Waals surface area contributed by atoms with E-state index in [0.29, 0.717) is 0 Å². The van der Waals surface area contributed by atoms with Gasteiger partial charge in [-0.2, -0.15) is 0 Å². The maximum atomic E-state index is 2.75. The van der Waals surface area contributed by atoms with Gasteiger partial charge >= 0.3 is 0 Å². The van der Waals surface area contributed by atoms with Gasteiger partial charge in [-0.25, -0.2) is 0 Å². The van der Waals surface area contributed by atoms with Crippen LogP contribution in [0.4, 0.5) is 0 Å². The van der Waals surface area contributed by atoms with Crippen LogP contribution in [0.2, 0.25) is 0 Å². The summed E-state index contributed by atoms with van der Waals surface area (Å²) in [6.45, 7) is 8.84. The van der Waals surface area contributed by atoms with E-state index in [2.05, 4.69) is 57.3 Å². The van der Waals surface area contributed by atoms with Gasteiger partial charge in [0, 0.05) is 0 Å². The summed E-state index contributed by atoms with van der Waals surface area (Å²) in [6, 6.07) is 0. The fourth-order valence-corrected chi connectivity index (χ4v) is 0.829. The Morgan fingerprint density at radius 3 is 1.27 bits per heavy atom. The van der Waals surface area contributed by atoms with Crippen LogP contribution >= 0.6 is 0 Å². The molecule has 0 spiro atoms. The molecule has 0 aromatic rings. The van der Waals surface area contributed by atoms with Crippen LogP contribution < -0.4 is 5.32 Å². The minimum absolute atomic E-state index is 0.736. The molecule has 2 atom stereocenters. The smallest absolute Gasteiger partial charge is 0.0167 e. The van der Waals surface area contributed by atoms with E-state index in [9.17, 15) is 0 Å². The molecule has 1 N–H and O–H groups in total. The Morgan fingerprint density at radius 2 is 1.13 bits per heavy atom. The summed E-state index contributed by atoms with van der Waals surface area (Å²) < 4.78 is 0. The first-order chi connectivity index (χ1) is 7.13. The lowest BCUT2D eigenvalue weighted by Crippen LogP contribution is -2.03. The Hall–Kier alpha value is -0.560. The summed E-state index contributed by atoms with van der Waals surface area (Å²) >= 11 is 0. The van der Waals surface area contributed by atoms with E-state index in [-0.39, 0.29) is 0 Å². The molecule has 0 saturated heterocycles. The predicted octanol–water partition coefficient (Wildman–Crippen LogP) is 4.03. The van der Waals surface area contributed by atoms with Gasteiger partial charge in [-0.1, -0.05) is 64.8 Å². The molecule has 0 aliphatic heterocycles. The monoisotopic (exact) mass is 211 g/mol. The van der Waals surface area contributed by atoms with Gasteiger partial charge in [0.05, 0.1) is 0 Å². The van der Waals surface area contributed by atoms with Crippen LogP contribution in [0.15, 0.2) is 24.3 Å². The second-order valence-corrected chi connectivity index (χ2v) is 3.99. The van der Waals surface area contributed by atoms with Crippen molar-refractivity contribution >= 4 is 0 Å². The van der Waals surface area contributed by atoms with Gasteiger partial charge in [0.25, 0.3) is 0 Å². The summed E-state index contributed by atoms with van der Waals surface area (Å²) in [5, 5.41) is 2.75. The molecule has 0 amide bonds. The highest BCUT2D eigenvalue weighted by molar-refractivity contribution is 5.12. The number of allylic oxidation sites excluding steroid dienone is 4. The first-order valence-corrected chi connectivity index (χ1v) is 6.07. The Labute approximate surface area is 96.7 Å². The van der Waals surface area contributed by atoms with E-state index in [0.717, 1.165) is 11.8 Å². The lowest BCUT2D eigenvalue weighted by atomic mass is 9.92. The topological polar surface area (TPSA) is 12.0 Å². The largest absolute Gasteiger partial charge is 0.323 e. The van der Waals surface area contributed by atoms with Crippen molar-refractivity contribution in [1.82, 2.24) is 5.32 Å². The molecule has 0 aromatic heterocycles. The Morgan fingerprint density at radius 1 is 0.867 bits per heavy atom. The molecular weight excluding hydrogens is 182 g/mol. The molecule has 0 bridgehead atoms. The van der Waals surface area contributed by atoms with Crippen LogP contribution in [0.1, 0.15) is 40.5 Å². The number of hydrogen-bond acceptors (Lipinski definition) is 1. The Balaban J connectivity index is 0. The molecule has 1 aliphatic rings. The fraction of sp³-hybridized carbons (Fsp3) is 0.714. The van der Waals surface area contributed by atoms with E-state index >= 15 is 0 Å². The highest BCUT2D eigenvalue weighted by atomic mass is 14.7. The summed E-state index contributed by atoms with van der Waals surface area (Å²) in [7, 11) is 3.75. The summed E-state index contributed by atoms with van der Waals surface area (Å²) in [5.74, 6) is 1.47. The molecule has 1 nitrogen and oxygen atoms in total. The third-order valence-corrected chi connectivity index (χ3v) is 2.27. The van der Waals surface area contributed by atoms with E-state index in [1.807, 2.05) is 14.1 Å². The van der Waals surface area contributed by atoms with Crippen molar-refractivity contribution in [1.29, 1.82) is 0 Å². The molecule has 15 heavy (non-hydrogen) atoms. The van der Waals surface area contributed by atoms with Crippen LogP contribution in [0.5, 0.6) is 0 Å². The van der Waals surface area contributed by atoms with Gasteiger partial charge in [0.1, 0.15) is 0 Å². The van der Waals surface area contributed by atoms with Gasteiger partial charge in [0.2, 0.25) is 0 Å². The molecular formula is C14H29N. The average molecular weight is 211 g/mol. The van der Waals surface area contributed by atoms with E-state index in [1.54, 1.807) is 0 Å². The normalized spacial score (nSPS) is 22.3. The van der Waals surface area contributed by atoms with Crippen molar-refractivity contribution in [2.45, 2.75) is 40.5 Å². The van der Waals surface area contributed by atoms with Crippen LogP contribution in [-0.4, -0.2) is 14.1 Å². The van der Waals surface area contributed by atoms with Crippen molar-refractivity contribution in [3.05, 3.63) is 24.3 Å². The number of nitrogens with one attached hydrogen (secondary N) is 1. The van der Waals surface area contributed by atoms with Gasteiger partial charge in [-0.05, 0) is 25.9 Å². The molecule has 1 aliphatic carbocycles. The van der Waals surface area contributed by atoms with Crippen LogP contribution in [-0.2, 0) is 0 Å². The Kier molecular flexibility index (Phi) is 15.1. The van der Waals surface area contributed by atoms with E-state index in [4.69, 9.17) is 0 Å². The maximum Gasteiger partial charge on any atom is -0.0167 e. The molecule has 0 fully saturated rings. The first-order valence-electron chi connectivity index (χ1n) is 6.07. The summed E-state index contributed by atoms with van der Waals surface area (Å²) in [6.07, 6.45) is 11.4. The van der Waals surface area contributed by atoms with E-state index in [1.165, 1.54) is 12.8 Å². The SMILES string of the molecule is CC1C=CC=CC1C.CCCC.CNC. The zero-order chi connectivity index (χ0) is 12.1. The highest BCUT2D eigenvalue weighted by Gasteiger charge is 2.05. The zero-order valence-corrected chi connectivity index (χ0v) is 11.4. The zero-order valence-electron chi connectivity index (χ0n) is 11.4. The molecule has 0 saturated carbocycles. The lowest BCUT2D eigenvalue weighted by Gasteiger charge is -2.13. The summed E-state index contributed by atoms with van der Waals surface area (Å²) in [4.78, 5) is 0. The molecule has 1 heteroatoms. The minimum atomic E-state index is 0.736. The Bertz CT molecular complexity index is 141. The standard InChI is InChI=1S/C8H12.C4H10.C2H7N/c1-7-5-3-4-6-8(7)2;1-3-4-2;1-3-2/h3-8H,1-2H3;3-4H2,1-2H3;3H,1-2H3. The number of unbranched alkanes of at least 4 members (excludes halogenated alkanes) is 1. The van der Waals surface area contributed by atoms with E-state index < -0.39 is 0 Å². The average Bonchev–Trinajstić information content (AvgIpc) is 2.24. The first kappa shape index (κ1) is 16.9. The molecule has 0 aromatic carbocycles. The number of rotatable bonds is 1. The minimum Gasteiger partial charge on any atom is -0.323 e. The molecule has 2 unspecified atom stereocenters. The highest BCUT2D eigenvalue weighted by Crippen LogP contribution is 2.16. The van der Waals surface area contributed by atoms with Crippen molar-refractivity contribution in [2.75, 3.05) is 14.1 Å². The number of hydrogen-bond donors (Lipinski definition) is 1. The molecule has 0 heterocycles. The third-order valence-electron chi connectivity index (χ3n) is 2.27. The van der Waals surface area contributed by atoms with Crippen molar-refractivity contribution in [3.8, 4) is 0 Å². The quantitative estimate of drug-likeness (QED) is 0.690. The fourth-order valence-electron chi connectivity index (χ4n) is 0.829. The van der Waals surface area contributed by atoms with Crippen LogP contribution in [0.25, 0.3) is 0 Å². The maximum absolute atomic E-state index is 2.75. The van der Waals surface area contributed by atoms with Gasteiger partial charge < -0.3 is 5.32 Å².